The molecule has 0 saturated carbocycles. The van der Waals surface area contributed by atoms with E-state index >= 15 is 0 Å². The van der Waals surface area contributed by atoms with Gasteiger partial charge in [0, 0.05) is 14.2 Å². The fourth-order valence-corrected chi connectivity index (χ4v) is 3.09. The minimum Gasteiger partial charge on any atom is -0.376 e. The van der Waals surface area contributed by atoms with E-state index < -0.39 is 6.29 Å². The Labute approximate surface area is 154 Å². The fourth-order valence-electron chi connectivity index (χ4n) is 3.09. The third kappa shape index (κ3) is 4.90. The molecule has 1 aliphatic rings. The monoisotopic (exact) mass is 358 g/mol. The summed E-state index contributed by atoms with van der Waals surface area (Å²) in [5.41, 5.74) is 2.20. The fraction of sp³-hybridized carbons (Fsp3) is 0.429. The van der Waals surface area contributed by atoms with E-state index in [9.17, 15) is 0 Å². The highest BCUT2D eigenvalue weighted by Gasteiger charge is 2.42. The van der Waals surface area contributed by atoms with E-state index in [0.29, 0.717) is 19.8 Å². The molecule has 1 heterocycles. The molecule has 0 aromatic heterocycles. The number of benzene rings is 2. The summed E-state index contributed by atoms with van der Waals surface area (Å²) < 4.78 is 29.1. The molecule has 0 spiro atoms. The predicted octanol–water partition coefficient (Wildman–Crippen LogP) is 3.17. The number of rotatable bonds is 8. The highest BCUT2D eigenvalue weighted by atomic mass is 16.7. The molecular formula is C21H26O5. The summed E-state index contributed by atoms with van der Waals surface area (Å²) >= 11 is 0. The number of hydrogen-bond acceptors (Lipinski definition) is 5. The molecule has 1 aliphatic heterocycles. The summed E-state index contributed by atoms with van der Waals surface area (Å²) in [4.78, 5) is 0. The van der Waals surface area contributed by atoms with Crippen molar-refractivity contribution >= 4 is 0 Å². The molecule has 0 aliphatic carbocycles. The molecule has 2 aromatic carbocycles. The Morgan fingerprint density at radius 1 is 0.769 bits per heavy atom. The Morgan fingerprint density at radius 3 is 1.88 bits per heavy atom. The van der Waals surface area contributed by atoms with Gasteiger partial charge in [0.15, 0.2) is 6.29 Å². The first kappa shape index (κ1) is 19.0. The molecule has 0 unspecified atom stereocenters. The van der Waals surface area contributed by atoms with Crippen LogP contribution in [-0.2, 0) is 36.9 Å². The Morgan fingerprint density at radius 2 is 1.35 bits per heavy atom. The number of hydrogen-bond donors (Lipinski definition) is 0. The van der Waals surface area contributed by atoms with E-state index in [1.54, 1.807) is 14.2 Å². The standard InChI is InChI=1S/C21H26O5/c1-22-19-18(24-13-16-9-5-3-6-10-16)15-26-21(23-2)20(19)25-14-17-11-7-4-8-12-17/h3-12,18-21H,13-15H2,1-2H3/t18-,19+,20-,21-/m1/s1. The zero-order valence-corrected chi connectivity index (χ0v) is 15.2. The quantitative estimate of drug-likeness (QED) is 0.725. The normalized spacial score (nSPS) is 25.9. The SMILES string of the molecule is CO[C@@H]1OC[C@@H](OCc2ccccc2)[C@H](OC)[C@H]1OCc1ccccc1. The van der Waals surface area contributed by atoms with Gasteiger partial charge in [-0.1, -0.05) is 60.7 Å². The molecule has 5 heteroatoms. The van der Waals surface area contributed by atoms with Gasteiger partial charge in [0.05, 0.1) is 19.8 Å². The maximum absolute atomic E-state index is 6.10. The summed E-state index contributed by atoms with van der Waals surface area (Å²) in [7, 11) is 3.28. The van der Waals surface area contributed by atoms with Crippen molar-refractivity contribution in [3.05, 3.63) is 71.8 Å². The lowest BCUT2D eigenvalue weighted by Gasteiger charge is -2.40. The predicted molar refractivity (Wildman–Crippen MR) is 97.6 cm³/mol. The highest BCUT2D eigenvalue weighted by molar-refractivity contribution is 5.14. The van der Waals surface area contributed by atoms with Crippen molar-refractivity contribution in [3.63, 3.8) is 0 Å². The van der Waals surface area contributed by atoms with Gasteiger partial charge in [-0.05, 0) is 11.1 Å². The molecule has 4 atom stereocenters. The Hall–Kier alpha value is -1.76. The van der Waals surface area contributed by atoms with Gasteiger partial charge >= 0.3 is 0 Å². The first-order valence-corrected chi connectivity index (χ1v) is 8.80. The van der Waals surface area contributed by atoms with E-state index in [4.69, 9.17) is 23.7 Å². The molecule has 1 saturated heterocycles. The van der Waals surface area contributed by atoms with Crippen LogP contribution in [0.4, 0.5) is 0 Å². The summed E-state index contributed by atoms with van der Waals surface area (Å²) in [6.45, 7) is 1.35. The van der Waals surface area contributed by atoms with Crippen LogP contribution in [0.25, 0.3) is 0 Å². The second-order valence-corrected chi connectivity index (χ2v) is 6.23. The van der Waals surface area contributed by atoms with Gasteiger partial charge in [0.1, 0.15) is 18.3 Å². The van der Waals surface area contributed by atoms with Gasteiger partial charge in [-0.25, -0.2) is 0 Å². The van der Waals surface area contributed by atoms with Gasteiger partial charge in [-0.15, -0.1) is 0 Å². The average Bonchev–Trinajstić information content (AvgIpc) is 2.71. The number of ether oxygens (including phenoxy) is 5. The Bertz CT molecular complexity index is 633. The van der Waals surface area contributed by atoms with Crippen LogP contribution in [-0.4, -0.2) is 45.4 Å². The van der Waals surface area contributed by atoms with Crippen LogP contribution in [0.5, 0.6) is 0 Å². The first-order chi connectivity index (χ1) is 12.8. The van der Waals surface area contributed by atoms with E-state index in [1.807, 2.05) is 60.7 Å². The van der Waals surface area contributed by atoms with Crippen LogP contribution in [0, 0.1) is 0 Å². The van der Waals surface area contributed by atoms with Crippen LogP contribution in [0.1, 0.15) is 11.1 Å². The van der Waals surface area contributed by atoms with Crippen molar-refractivity contribution < 1.29 is 23.7 Å². The van der Waals surface area contributed by atoms with Gasteiger partial charge < -0.3 is 23.7 Å². The van der Waals surface area contributed by atoms with Crippen LogP contribution >= 0.6 is 0 Å². The van der Waals surface area contributed by atoms with Gasteiger partial charge in [0.2, 0.25) is 0 Å². The van der Waals surface area contributed by atoms with Crippen molar-refractivity contribution in [1.82, 2.24) is 0 Å². The number of methoxy groups -OCH3 is 2. The summed E-state index contributed by atoms with van der Waals surface area (Å²) in [6.07, 6.45) is -1.37. The van der Waals surface area contributed by atoms with Gasteiger partial charge in [0.25, 0.3) is 0 Å². The second kappa shape index (κ2) is 9.80. The Balaban J connectivity index is 1.64. The van der Waals surface area contributed by atoms with Crippen molar-refractivity contribution in [2.75, 3.05) is 20.8 Å². The topological polar surface area (TPSA) is 46.2 Å². The summed E-state index contributed by atoms with van der Waals surface area (Å²) in [6, 6.07) is 20.1. The maximum atomic E-state index is 6.10. The summed E-state index contributed by atoms with van der Waals surface area (Å²) in [5.74, 6) is 0. The summed E-state index contributed by atoms with van der Waals surface area (Å²) in [5, 5.41) is 0. The van der Waals surface area contributed by atoms with E-state index in [1.165, 1.54) is 0 Å². The first-order valence-electron chi connectivity index (χ1n) is 8.80. The maximum Gasteiger partial charge on any atom is 0.186 e. The molecule has 26 heavy (non-hydrogen) atoms. The van der Waals surface area contributed by atoms with Crippen molar-refractivity contribution in [2.45, 2.75) is 37.8 Å². The van der Waals surface area contributed by atoms with Crippen molar-refractivity contribution in [3.8, 4) is 0 Å². The minimum absolute atomic E-state index is 0.229. The molecule has 5 nitrogen and oxygen atoms in total. The lowest BCUT2D eigenvalue weighted by Crippen LogP contribution is -2.56. The molecule has 0 amide bonds. The molecule has 0 bridgehead atoms. The smallest absolute Gasteiger partial charge is 0.186 e. The van der Waals surface area contributed by atoms with Crippen molar-refractivity contribution in [1.29, 1.82) is 0 Å². The molecule has 0 N–H and O–H groups in total. The van der Waals surface area contributed by atoms with E-state index in [2.05, 4.69) is 0 Å². The van der Waals surface area contributed by atoms with Gasteiger partial charge in [-0.2, -0.15) is 0 Å². The lowest BCUT2D eigenvalue weighted by molar-refractivity contribution is -0.288. The van der Waals surface area contributed by atoms with Crippen LogP contribution < -0.4 is 0 Å². The largest absolute Gasteiger partial charge is 0.376 e. The third-order valence-electron chi connectivity index (χ3n) is 4.48. The Kier molecular flexibility index (Phi) is 7.17. The third-order valence-corrected chi connectivity index (χ3v) is 4.48. The lowest BCUT2D eigenvalue weighted by atomic mass is 10.0. The molecule has 2 aromatic rings. The molecule has 3 rings (SSSR count). The minimum atomic E-state index is -0.486. The average molecular weight is 358 g/mol. The highest BCUT2D eigenvalue weighted by Crippen LogP contribution is 2.25. The molecule has 1 fully saturated rings. The zero-order valence-electron chi connectivity index (χ0n) is 15.2. The van der Waals surface area contributed by atoms with Crippen LogP contribution in [0.15, 0.2) is 60.7 Å². The molecular weight excluding hydrogens is 332 g/mol. The van der Waals surface area contributed by atoms with Crippen LogP contribution in [0.2, 0.25) is 0 Å². The van der Waals surface area contributed by atoms with E-state index in [-0.39, 0.29) is 18.3 Å². The van der Waals surface area contributed by atoms with Gasteiger partial charge in [-0.3, -0.25) is 0 Å². The molecule has 0 radical (unpaired) electrons. The van der Waals surface area contributed by atoms with Crippen molar-refractivity contribution in [2.24, 2.45) is 0 Å². The molecule has 140 valence electrons. The van der Waals surface area contributed by atoms with E-state index in [0.717, 1.165) is 11.1 Å². The van der Waals surface area contributed by atoms with Crippen LogP contribution in [0.3, 0.4) is 0 Å². The zero-order chi connectivity index (χ0) is 18.2. The second-order valence-electron chi connectivity index (χ2n) is 6.23.